The van der Waals surface area contributed by atoms with Gasteiger partial charge in [-0.3, -0.25) is 19.4 Å². The molecule has 0 fully saturated rings. The zero-order valence-corrected chi connectivity index (χ0v) is 22.1. The zero-order valence-electron chi connectivity index (χ0n) is 22.1. The Morgan fingerprint density at radius 3 is 2.25 bits per heavy atom. The predicted molar refractivity (Wildman–Crippen MR) is 145 cm³/mol. The van der Waals surface area contributed by atoms with E-state index in [2.05, 4.69) is 30.9 Å². The number of aliphatic hydroxyl groups excluding tert-OH is 1. The first kappa shape index (κ1) is 31.7. The molecule has 40 heavy (non-hydrogen) atoms. The molecule has 15 heteroatoms. The van der Waals surface area contributed by atoms with Crippen LogP contribution in [0.3, 0.4) is 0 Å². The molecule has 0 spiro atoms. The topological polar surface area (TPSA) is 264 Å². The second-order valence-corrected chi connectivity index (χ2v) is 9.21. The summed E-state index contributed by atoms with van der Waals surface area (Å²) >= 11 is 0. The molecule has 1 aromatic heterocycles. The Hall–Kier alpha value is -4.50. The van der Waals surface area contributed by atoms with E-state index in [1.807, 2.05) is 30.3 Å². The molecule has 0 radical (unpaired) electrons. The van der Waals surface area contributed by atoms with Crippen LogP contribution >= 0.6 is 0 Å². The van der Waals surface area contributed by atoms with Gasteiger partial charge < -0.3 is 48.3 Å². The molecule has 2 aromatic rings. The molecule has 218 valence electrons. The number of hydrogen-bond acceptors (Lipinski definition) is 8. The summed E-state index contributed by atoms with van der Waals surface area (Å²) in [4.78, 5) is 61.2. The normalized spacial score (nSPS) is 14.6. The van der Waals surface area contributed by atoms with E-state index in [1.54, 1.807) is 0 Å². The number of imidazole rings is 1. The van der Waals surface area contributed by atoms with Crippen molar-refractivity contribution in [3.8, 4) is 0 Å². The molecule has 0 aliphatic heterocycles. The Balaban J connectivity index is 2.11. The van der Waals surface area contributed by atoms with E-state index in [1.165, 1.54) is 19.4 Å². The second-order valence-electron chi connectivity index (χ2n) is 9.21. The minimum Gasteiger partial charge on any atom is -0.480 e. The molecule has 3 amide bonds. The Kier molecular flexibility index (Phi) is 12.5. The number of aromatic amines is 1. The highest BCUT2D eigenvalue weighted by molar-refractivity contribution is 5.94. The van der Waals surface area contributed by atoms with Crippen molar-refractivity contribution in [2.45, 2.75) is 62.9 Å². The van der Waals surface area contributed by atoms with E-state index in [0.717, 1.165) is 5.56 Å². The van der Waals surface area contributed by atoms with Crippen molar-refractivity contribution in [2.75, 3.05) is 6.54 Å². The second kappa shape index (κ2) is 15.8. The number of nitrogens with two attached hydrogens (primary N) is 3. The number of carboxylic acid groups (broad SMARTS) is 1. The number of aromatic nitrogens is 2. The van der Waals surface area contributed by atoms with E-state index in [4.69, 9.17) is 17.2 Å². The minimum atomic E-state index is -1.52. The third-order valence-electron chi connectivity index (χ3n) is 5.87. The first-order valence-electron chi connectivity index (χ1n) is 12.6. The third kappa shape index (κ3) is 10.7. The molecule has 1 heterocycles. The smallest absolute Gasteiger partial charge is 0.326 e. The molecule has 5 atom stereocenters. The average Bonchev–Trinajstić information content (AvgIpc) is 3.41. The maximum absolute atomic E-state index is 13.3. The van der Waals surface area contributed by atoms with Crippen LogP contribution in [0.4, 0.5) is 0 Å². The van der Waals surface area contributed by atoms with Crippen LogP contribution in [0.25, 0.3) is 0 Å². The first-order valence-corrected chi connectivity index (χ1v) is 12.6. The third-order valence-corrected chi connectivity index (χ3v) is 5.87. The van der Waals surface area contributed by atoms with Gasteiger partial charge in [-0.05, 0) is 31.7 Å². The Morgan fingerprint density at radius 2 is 1.68 bits per heavy atom. The number of carbonyl (C=O) groups is 4. The number of H-pyrrole nitrogens is 1. The largest absolute Gasteiger partial charge is 0.480 e. The van der Waals surface area contributed by atoms with Crippen LogP contribution in [-0.4, -0.2) is 86.6 Å². The number of nitrogens with zero attached hydrogens (tertiary/aromatic N) is 2. The van der Waals surface area contributed by atoms with Gasteiger partial charge in [-0.25, -0.2) is 9.78 Å². The summed E-state index contributed by atoms with van der Waals surface area (Å²) < 4.78 is 0. The van der Waals surface area contributed by atoms with Crippen LogP contribution in [0.5, 0.6) is 0 Å². The maximum Gasteiger partial charge on any atom is 0.326 e. The number of rotatable bonds is 16. The number of guanidine groups is 1. The molecule has 12 N–H and O–H groups in total. The predicted octanol–water partition coefficient (Wildman–Crippen LogP) is -2.50. The molecule has 1 aromatic carbocycles. The van der Waals surface area contributed by atoms with Gasteiger partial charge in [0, 0.05) is 24.9 Å². The van der Waals surface area contributed by atoms with Crippen molar-refractivity contribution in [3.63, 3.8) is 0 Å². The number of nitrogens with one attached hydrogen (secondary N) is 4. The van der Waals surface area contributed by atoms with Crippen molar-refractivity contribution < 1.29 is 29.4 Å². The van der Waals surface area contributed by atoms with Gasteiger partial charge in [-0.2, -0.15) is 0 Å². The molecule has 0 aliphatic carbocycles. The van der Waals surface area contributed by atoms with Gasteiger partial charge in [0.25, 0.3) is 0 Å². The van der Waals surface area contributed by atoms with Crippen molar-refractivity contribution in [3.05, 3.63) is 54.1 Å². The first-order chi connectivity index (χ1) is 19.0. The average molecular weight is 560 g/mol. The van der Waals surface area contributed by atoms with E-state index < -0.39 is 54.0 Å². The number of aliphatic carboxylic acids is 1. The van der Waals surface area contributed by atoms with Gasteiger partial charge in [-0.1, -0.05) is 30.3 Å². The molecule has 0 bridgehead atoms. The lowest BCUT2D eigenvalue weighted by Crippen LogP contribution is -2.60. The molecule has 0 saturated heterocycles. The fourth-order valence-electron chi connectivity index (χ4n) is 3.75. The van der Waals surface area contributed by atoms with Gasteiger partial charge in [0.15, 0.2) is 5.96 Å². The molecule has 15 nitrogen and oxygen atoms in total. The summed E-state index contributed by atoms with van der Waals surface area (Å²) in [6.07, 6.45) is 1.92. The SMILES string of the molecule is CC(O)C(NC(=O)C(Cc1cnc[nH]1)NC(=O)C(N)Cc1ccccc1)C(=O)NC(CCCN=C(N)N)C(=O)O. The van der Waals surface area contributed by atoms with Gasteiger partial charge >= 0.3 is 5.97 Å². The Bertz CT molecular complexity index is 1140. The monoisotopic (exact) mass is 559 g/mol. The minimum absolute atomic E-state index is 0.00383. The van der Waals surface area contributed by atoms with Crippen LogP contribution in [-0.2, 0) is 32.0 Å². The van der Waals surface area contributed by atoms with E-state index in [0.29, 0.717) is 5.69 Å². The molecule has 0 aliphatic rings. The highest BCUT2D eigenvalue weighted by Gasteiger charge is 2.33. The summed E-state index contributed by atoms with van der Waals surface area (Å²) in [5.41, 5.74) is 17.9. The number of aliphatic imine (C=N–C) groups is 1. The number of aliphatic hydroxyl groups is 1. The molecule has 5 unspecified atom stereocenters. The number of hydrogen-bond donors (Lipinski definition) is 9. The zero-order chi connectivity index (χ0) is 29.7. The highest BCUT2D eigenvalue weighted by Crippen LogP contribution is 2.06. The number of amides is 3. The van der Waals surface area contributed by atoms with E-state index >= 15 is 0 Å². The fourth-order valence-corrected chi connectivity index (χ4v) is 3.75. The van der Waals surface area contributed by atoms with E-state index in [9.17, 15) is 29.4 Å². The van der Waals surface area contributed by atoms with Crippen LogP contribution in [0.15, 0.2) is 47.8 Å². The summed E-state index contributed by atoms with van der Waals surface area (Å²) in [5.74, 6) is -3.79. The number of benzene rings is 1. The van der Waals surface area contributed by atoms with Crippen molar-refractivity contribution in [1.29, 1.82) is 0 Å². The molecular weight excluding hydrogens is 522 g/mol. The van der Waals surface area contributed by atoms with Gasteiger partial charge in [-0.15, -0.1) is 0 Å². The van der Waals surface area contributed by atoms with Gasteiger partial charge in [0.1, 0.15) is 18.1 Å². The van der Waals surface area contributed by atoms with Crippen LogP contribution < -0.4 is 33.2 Å². The van der Waals surface area contributed by atoms with Crippen molar-refractivity contribution in [2.24, 2.45) is 22.2 Å². The fraction of sp³-hybridized carbons (Fsp3) is 0.440. The standard InChI is InChI=1S/C25H37N9O6/c1-14(35)20(23(38)32-18(24(39)40)8-5-9-30-25(27)28)34-22(37)19(11-16-12-29-13-31-16)33-21(36)17(26)10-15-6-3-2-4-7-15/h2-4,6-7,12-14,17-20,35H,5,8-11,26H2,1H3,(H,29,31)(H,32,38)(H,33,36)(H,34,37)(H,39,40)(H4,27,28,30). The van der Waals surface area contributed by atoms with E-state index in [-0.39, 0.29) is 38.2 Å². The lowest BCUT2D eigenvalue weighted by atomic mass is 10.0. The van der Waals surface area contributed by atoms with Crippen LogP contribution in [0, 0.1) is 0 Å². The number of carboxylic acids is 1. The maximum atomic E-state index is 13.3. The summed E-state index contributed by atoms with van der Waals surface area (Å²) in [6.45, 7) is 1.41. The summed E-state index contributed by atoms with van der Waals surface area (Å²) in [7, 11) is 0. The summed E-state index contributed by atoms with van der Waals surface area (Å²) in [6, 6.07) is 4.09. The van der Waals surface area contributed by atoms with Crippen LogP contribution in [0.2, 0.25) is 0 Å². The van der Waals surface area contributed by atoms with Crippen molar-refractivity contribution >= 4 is 29.7 Å². The summed E-state index contributed by atoms with van der Waals surface area (Å²) in [5, 5.41) is 27.1. The lowest BCUT2D eigenvalue weighted by molar-refractivity contribution is -0.143. The van der Waals surface area contributed by atoms with Gasteiger partial charge in [0.05, 0.1) is 18.5 Å². The number of carbonyl (C=O) groups excluding carboxylic acids is 3. The molecule has 2 rings (SSSR count). The molecule has 0 saturated carbocycles. The quantitative estimate of drug-likeness (QED) is 0.0592. The highest BCUT2D eigenvalue weighted by atomic mass is 16.4. The van der Waals surface area contributed by atoms with Crippen LogP contribution in [0.1, 0.15) is 31.0 Å². The Labute approximate surface area is 231 Å². The molecular formula is C25H37N9O6. The lowest BCUT2D eigenvalue weighted by Gasteiger charge is -2.26. The Morgan fingerprint density at radius 1 is 1.00 bits per heavy atom. The van der Waals surface area contributed by atoms with Crippen molar-refractivity contribution in [1.82, 2.24) is 25.9 Å². The van der Waals surface area contributed by atoms with Gasteiger partial charge in [0.2, 0.25) is 17.7 Å².